The molecule has 2 rings (SSSR count). The molecular formula is C13H13N5O3S. The molecule has 0 radical (unpaired) electrons. The largest absolute Gasteiger partial charge is 0.329 e. The third kappa shape index (κ3) is 4.42. The molecule has 0 fully saturated rings. The third-order valence-electron chi connectivity index (χ3n) is 2.59. The Bertz CT molecular complexity index is 713. The Hall–Kier alpha value is -2.68. The predicted molar refractivity (Wildman–Crippen MR) is 82.8 cm³/mol. The lowest BCUT2D eigenvalue weighted by Crippen LogP contribution is -2.19. The zero-order valence-corrected chi connectivity index (χ0v) is 12.5. The highest BCUT2D eigenvalue weighted by atomic mass is 32.2. The number of carbonyl (C=O) groups excluding carboxylic acids is 1. The second-order valence-electron chi connectivity index (χ2n) is 4.25. The molecule has 0 aliphatic rings. The van der Waals surface area contributed by atoms with Crippen molar-refractivity contribution in [2.75, 3.05) is 5.75 Å². The van der Waals surface area contributed by atoms with Gasteiger partial charge in [-0.05, 0) is 0 Å². The summed E-state index contributed by atoms with van der Waals surface area (Å²) in [5.41, 5.74) is 2.87. The van der Waals surface area contributed by atoms with Crippen LogP contribution in [0.4, 0.5) is 5.69 Å². The maximum atomic E-state index is 11.6. The molecule has 1 aromatic heterocycles. The van der Waals surface area contributed by atoms with Crippen molar-refractivity contribution in [3.05, 3.63) is 52.3 Å². The fourth-order valence-electron chi connectivity index (χ4n) is 1.55. The van der Waals surface area contributed by atoms with Gasteiger partial charge in [0.1, 0.15) is 0 Å². The Morgan fingerprint density at radius 1 is 1.59 bits per heavy atom. The first-order chi connectivity index (χ1) is 10.6. The van der Waals surface area contributed by atoms with Crippen LogP contribution in [-0.4, -0.2) is 32.3 Å². The summed E-state index contributed by atoms with van der Waals surface area (Å²) in [6.07, 6.45) is 4.80. The van der Waals surface area contributed by atoms with E-state index < -0.39 is 4.92 Å². The van der Waals surface area contributed by atoms with Gasteiger partial charge in [0, 0.05) is 37.1 Å². The first-order valence-electron chi connectivity index (χ1n) is 6.23. The fraction of sp³-hybridized carbons (Fsp3) is 0.154. The highest BCUT2D eigenvalue weighted by Gasteiger charge is 2.06. The summed E-state index contributed by atoms with van der Waals surface area (Å²) in [7, 11) is 1.84. The first-order valence-corrected chi connectivity index (χ1v) is 7.21. The van der Waals surface area contributed by atoms with Crippen LogP contribution in [0.1, 0.15) is 5.56 Å². The summed E-state index contributed by atoms with van der Waals surface area (Å²) in [5, 5.41) is 15.2. The van der Waals surface area contributed by atoms with Gasteiger partial charge in [-0.3, -0.25) is 14.9 Å². The van der Waals surface area contributed by atoms with Crippen LogP contribution in [0.25, 0.3) is 0 Å². The fourth-order valence-corrected chi connectivity index (χ4v) is 2.28. The van der Waals surface area contributed by atoms with Crippen molar-refractivity contribution in [1.29, 1.82) is 0 Å². The molecule has 0 bridgehead atoms. The second kappa shape index (κ2) is 7.36. The Kier molecular flexibility index (Phi) is 5.26. The SMILES string of the molecule is Cn1ccnc1SCC(=O)N/N=C/c1cccc([N+](=O)[O-])c1. The van der Waals surface area contributed by atoms with Gasteiger partial charge >= 0.3 is 0 Å². The number of non-ortho nitro benzene ring substituents is 1. The van der Waals surface area contributed by atoms with Crippen molar-refractivity contribution >= 4 is 29.6 Å². The van der Waals surface area contributed by atoms with Crippen molar-refractivity contribution in [1.82, 2.24) is 15.0 Å². The molecule has 1 amide bonds. The quantitative estimate of drug-likeness (QED) is 0.377. The number of imidazole rings is 1. The van der Waals surface area contributed by atoms with Crippen molar-refractivity contribution in [2.45, 2.75) is 5.16 Å². The highest BCUT2D eigenvalue weighted by molar-refractivity contribution is 7.99. The molecule has 0 aliphatic carbocycles. The Morgan fingerprint density at radius 3 is 3.09 bits per heavy atom. The number of carbonyl (C=O) groups is 1. The molecule has 0 unspecified atom stereocenters. The molecular weight excluding hydrogens is 306 g/mol. The van der Waals surface area contributed by atoms with E-state index >= 15 is 0 Å². The number of benzene rings is 1. The van der Waals surface area contributed by atoms with E-state index in [0.717, 1.165) is 5.16 Å². The summed E-state index contributed by atoms with van der Waals surface area (Å²) in [5.74, 6) is -0.105. The number of hydrogen-bond donors (Lipinski definition) is 1. The van der Waals surface area contributed by atoms with Gasteiger partial charge in [-0.25, -0.2) is 10.4 Å². The summed E-state index contributed by atoms with van der Waals surface area (Å²) < 4.78 is 1.81. The summed E-state index contributed by atoms with van der Waals surface area (Å²) >= 11 is 1.29. The minimum absolute atomic E-state index is 0.0272. The number of nitro groups is 1. The highest BCUT2D eigenvalue weighted by Crippen LogP contribution is 2.13. The van der Waals surface area contributed by atoms with Gasteiger partial charge in [0.2, 0.25) is 0 Å². The molecule has 0 aliphatic heterocycles. The molecule has 9 heteroatoms. The normalized spacial score (nSPS) is 10.8. The number of hydrazone groups is 1. The first kappa shape index (κ1) is 15.7. The van der Waals surface area contributed by atoms with E-state index in [1.165, 1.54) is 30.1 Å². The number of nitrogens with one attached hydrogen (secondary N) is 1. The molecule has 0 saturated heterocycles. The molecule has 0 saturated carbocycles. The van der Waals surface area contributed by atoms with Gasteiger partial charge < -0.3 is 4.57 Å². The molecule has 2 aromatic rings. The van der Waals surface area contributed by atoms with Crippen LogP contribution in [0.5, 0.6) is 0 Å². The van der Waals surface area contributed by atoms with Crippen molar-refractivity contribution in [3.8, 4) is 0 Å². The molecule has 1 heterocycles. The van der Waals surface area contributed by atoms with E-state index in [1.54, 1.807) is 24.5 Å². The van der Waals surface area contributed by atoms with E-state index in [1.807, 2.05) is 11.6 Å². The van der Waals surface area contributed by atoms with Crippen molar-refractivity contribution in [2.24, 2.45) is 12.1 Å². The number of rotatable bonds is 6. The number of thioether (sulfide) groups is 1. The molecule has 22 heavy (non-hydrogen) atoms. The summed E-state index contributed by atoms with van der Waals surface area (Å²) in [6.45, 7) is 0. The molecule has 114 valence electrons. The number of aryl methyl sites for hydroxylation is 1. The van der Waals surface area contributed by atoms with Gasteiger partial charge in [-0.15, -0.1) is 0 Å². The van der Waals surface area contributed by atoms with Crippen LogP contribution in [0.3, 0.4) is 0 Å². The van der Waals surface area contributed by atoms with E-state index in [4.69, 9.17) is 0 Å². The lowest BCUT2D eigenvalue weighted by atomic mass is 10.2. The lowest BCUT2D eigenvalue weighted by Gasteiger charge is -2.00. The van der Waals surface area contributed by atoms with Crippen LogP contribution >= 0.6 is 11.8 Å². The van der Waals surface area contributed by atoms with Crippen LogP contribution in [0.2, 0.25) is 0 Å². The monoisotopic (exact) mass is 319 g/mol. The average molecular weight is 319 g/mol. The maximum absolute atomic E-state index is 11.6. The zero-order valence-electron chi connectivity index (χ0n) is 11.7. The molecule has 0 atom stereocenters. The number of amides is 1. The molecule has 0 spiro atoms. The minimum atomic E-state index is -0.487. The topological polar surface area (TPSA) is 102 Å². The molecule has 1 N–H and O–H groups in total. The number of nitrogens with zero attached hydrogens (tertiary/aromatic N) is 4. The van der Waals surface area contributed by atoms with Crippen LogP contribution in [-0.2, 0) is 11.8 Å². The van der Waals surface area contributed by atoms with Gasteiger partial charge in [-0.1, -0.05) is 23.9 Å². The Balaban J connectivity index is 1.84. The molecule has 8 nitrogen and oxygen atoms in total. The minimum Gasteiger partial charge on any atom is -0.329 e. The Labute approximate surface area is 130 Å². The van der Waals surface area contributed by atoms with Gasteiger partial charge in [-0.2, -0.15) is 5.10 Å². The van der Waals surface area contributed by atoms with Crippen molar-refractivity contribution < 1.29 is 9.72 Å². The van der Waals surface area contributed by atoms with E-state index in [2.05, 4.69) is 15.5 Å². The summed E-state index contributed by atoms with van der Waals surface area (Å²) in [4.78, 5) is 25.9. The zero-order chi connectivity index (χ0) is 15.9. The van der Waals surface area contributed by atoms with Crippen LogP contribution in [0.15, 0.2) is 46.9 Å². The third-order valence-corrected chi connectivity index (χ3v) is 3.65. The standard InChI is InChI=1S/C13H13N5O3S/c1-17-6-5-14-13(17)22-9-12(19)16-15-8-10-3-2-4-11(7-10)18(20)21/h2-8H,9H2,1H3,(H,16,19)/b15-8+. The van der Waals surface area contributed by atoms with Gasteiger partial charge in [0.25, 0.3) is 11.6 Å². The predicted octanol–water partition coefficient (Wildman–Crippen LogP) is 1.57. The smallest absolute Gasteiger partial charge is 0.270 e. The average Bonchev–Trinajstić information content (AvgIpc) is 2.91. The number of aromatic nitrogens is 2. The second-order valence-corrected chi connectivity index (χ2v) is 5.20. The van der Waals surface area contributed by atoms with Gasteiger partial charge in [0.05, 0.1) is 16.9 Å². The Morgan fingerprint density at radius 2 is 2.41 bits per heavy atom. The van der Waals surface area contributed by atoms with E-state index in [-0.39, 0.29) is 17.3 Å². The van der Waals surface area contributed by atoms with Crippen molar-refractivity contribution in [3.63, 3.8) is 0 Å². The van der Waals surface area contributed by atoms with Crippen LogP contribution < -0.4 is 5.43 Å². The lowest BCUT2D eigenvalue weighted by molar-refractivity contribution is -0.384. The number of hydrogen-bond acceptors (Lipinski definition) is 6. The van der Waals surface area contributed by atoms with Crippen LogP contribution in [0, 0.1) is 10.1 Å². The van der Waals surface area contributed by atoms with E-state index in [0.29, 0.717) is 5.56 Å². The number of nitro benzene ring substituents is 1. The molecule has 1 aromatic carbocycles. The van der Waals surface area contributed by atoms with Gasteiger partial charge in [0.15, 0.2) is 5.16 Å². The van der Waals surface area contributed by atoms with E-state index in [9.17, 15) is 14.9 Å². The summed E-state index contributed by atoms with van der Waals surface area (Å²) in [6, 6.07) is 5.97. The maximum Gasteiger partial charge on any atom is 0.270 e.